The van der Waals surface area contributed by atoms with Gasteiger partial charge in [-0.1, -0.05) is 20.8 Å². The van der Waals surface area contributed by atoms with Crippen LogP contribution in [0.5, 0.6) is 5.75 Å². The Labute approximate surface area is 181 Å². The lowest BCUT2D eigenvalue weighted by molar-refractivity contribution is -0.0868. The van der Waals surface area contributed by atoms with Gasteiger partial charge in [0.05, 0.1) is 24.8 Å². The van der Waals surface area contributed by atoms with E-state index in [4.69, 9.17) is 9.16 Å². The Morgan fingerprint density at radius 1 is 1.23 bits per heavy atom. The number of aromatic nitrogens is 1. The van der Waals surface area contributed by atoms with Crippen molar-refractivity contribution in [3.63, 3.8) is 0 Å². The number of fused-ring (bicyclic) bond motifs is 4. The van der Waals surface area contributed by atoms with Crippen molar-refractivity contribution in [2.75, 3.05) is 20.2 Å². The number of rotatable bonds is 5. The number of ether oxygens (including phenoxy) is 1. The highest BCUT2D eigenvalue weighted by atomic mass is 28.4. The van der Waals surface area contributed by atoms with Crippen LogP contribution in [-0.4, -0.2) is 55.7 Å². The van der Waals surface area contributed by atoms with E-state index >= 15 is 0 Å². The first-order valence-corrected chi connectivity index (χ1v) is 14.0. The van der Waals surface area contributed by atoms with Crippen LogP contribution in [-0.2, 0) is 4.43 Å². The Morgan fingerprint density at radius 2 is 2.00 bits per heavy atom. The number of hydrogen-bond acceptors (Lipinski definition) is 5. The lowest BCUT2D eigenvalue weighted by atomic mass is 9.78. The number of benzene rings is 1. The summed E-state index contributed by atoms with van der Waals surface area (Å²) in [4.78, 5) is 7.05. The van der Waals surface area contributed by atoms with Gasteiger partial charge in [0, 0.05) is 24.2 Å². The van der Waals surface area contributed by atoms with Crippen molar-refractivity contribution < 1.29 is 14.3 Å². The molecule has 1 N–H and O–H groups in total. The van der Waals surface area contributed by atoms with Crippen LogP contribution in [0.2, 0.25) is 18.1 Å². The smallest absolute Gasteiger partial charge is 0.192 e. The van der Waals surface area contributed by atoms with Gasteiger partial charge in [-0.25, -0.2) is 0 Å². The zero-order chi connectivity index (χ0) is 21.7. The van der Waals surface area contributed by atoms with Gasteiger partial charge in [0.15, 0.2) is 8.32 Å². The summed E-state index contributed by atoms with van der Waals surface area (Å²) in [5, 5.41) is 11.7. The van der Waals surface area contributed by atoms with Crippen LogP contribution in [0.4, 0.5) is 0 Å². The SMILES string of the molecule is COc1ccc2nccc([C@H](O[Si](C)(C)C(C)(C)C)[C@H]3C[C@@H]4CCN3C[C@H]4O)c2c1. The second-order valence-corrected chi connectivity index (χ2v) is 15.3. The summed E-state index contributed by atoms with van der Waals surface area (Å²) in [6, 6.07) is 8.48. The minimum absolute atomic E-state index is 0.0428. The molecule has 1 unspecified atom stereocenters. The van der Waals surface area contributed by atoms with Crippen LogP contribution in [0.3, 0.4) is 0 Å². The van der Waals surface area contributed by atoms with Crippen LogP contribution in [0.25, 0.3) is 10.9 Å². The maximum absolute atomic E-state index is 10.5. The van der Waals surface area contributed by atoms with E-state index < -0.39 is 8.32 Å². The van der Waals surface area contributed by atoms with Crippen LogP contribution < -0.4 is 4.74 Å². The van der Waals surface area contributed by atoms with Crippen LogP contribution >= 0.6 is 0 Å². The maximum Gasteiger partial charge on any atom is 0.192 e. The largest absolute Gasteiger partial charge is 0.497 e. The molecule has 0 amide bonds. The van der Waals surface area contributed by atoms with E-state index in [9.17, 15) is 5.11 Å². The summed E-state index contributed by atoms with van der Waals surface area (Å²) in [6.45, 7) is 13.3. The Bertz CT molecular complexity index is 911. The highest BCUT2D eigenvalue weighted by Gasteiger charge is 2.47. The summed E-state index contributed by atoms with van der Waals surface area (Å²) in [7, 11) is -0.327. The Morgan fingerprint density at radius 3 is 2.60 bits per heavy atom. The quantitative estimate of drug-likeness (QED) is 0.696. The number of piperidine rings is 3. The monoisotopic (exact) mass is 428 g/mol. The van der Waals surface area contributed by atoms with Crippen LogP contribution in [0.1, 0.15) is 45.3 Å². The fourth-order valence-electron chi connectivity index (χ4n) is 4.72. The molecular formula is C24H36N2O3Si. The summed E-state index contributed by atoms with van der Waals surface area (Å²) in [6.07, 6.45) is 3.71. The molecule has 0 saturated carbocycles. The molecule has 2 bridgehead atoms. The van der Waals surface area contributed by atoms with Gasteiger partial charge >= 0.3 is 0 Å². The normalized spacial score (nSPS) is 28.0. The number of pyridine rings is 1. The standard InChI is InChI=1S/C24H36N2O3Si/c1-24(2,3)30(5,6)29-23(21-13-16-10-12-26(21)15-22(16)27)18-9-11-25-20-8-7-17(28-4)14-19(18)20/h7-9,11,14,16,21-23,27H,10,12-13,15H2,1-6H3/t16-,21+,22+,23-/m0/s1. The van der Waals surface area contributed by atoms with Gasteiger partial charge in [-0.2, -0.15) is 0 Å². The molecule has 4 heterocycles. The molecule has 3 aliphatic heterocycles. The average molecular weight is 429 g/mol. The Hall–Kier alpha value is -1.47. The molecule has 3 aliphatic rings. The van der Waals surface area contributed by atoms with Crippen molar-refractivity contribution >= 4 is 19.2 Å². The highest BCUT2D eigenvalue weighted by molar-refractivity contribution is 6.74. The average Bonchev–Trinajstić information content (AvgIpc) is 2.71. The lowest BCUT2D eigenvalue weighted by Crippen LogP contribution is -2.59. The zero-order valence-corrected chi connectivity index (χ0v) is 20.2. The maximum atomic E-state index is 10.5. The minimum Gasteiger partial charge on any atom is -0.497 e. The van der Waals surface area contributed by atoms with Gasteiger partial charge in [-0.05, 0) is 73.3 Å². The molecule has 3 fully saturated rings. The molecule has 1 aromatic carbocycles. The third kappa shape index (κ3) is 3.91. The Kier molecular flexibility index (Phi) is 5.72. The van der Waals surface area contributed by atoms with Gasteiger partial charge in [-0.15, -0.1) is 0 Å². The molecule has 0 spiro atoms. The van der Waals surface area contributed by atoms with Crippen molar-refractivity contribution in [3.8, 4) is 5.75 Å². The van der Waals surface area contributed by atoms with Crippen LogP contribution in [0.15, 0.2) is 30.5 Å². The highest BCUT2D eigenvalue weighted by Crippen LogP contribution is 2.46. The predicted octanol–water partition coefficient (Wildman–Crippen LogP) is 4.76. The van der Waals surface area contributed by atoms with Crippen molar-refractivity contribution in [2.24, 2.45) is 5.92 Å². The topological polar surface area (TPSA) is 54.8 Å². The van der Waals surface area contributed by atoms with Crippen molar-refractivity contribution in [1.82, 2.24) is 9.88 Å². The van der Waals surface area contributed by atoms with E-state index in [1.54, 1.807) is 7.11 Å². The number of aliphatic hydroxyl groups excluding tert-OH is 1. The van der Waals surface area contributed by atoms with E-state index in [0.717, 1.165) is 42.6 Å². The molecule has 5 nitrogen and oxygen atoms in total. The summed E-state index contributed by atoms with van der Waals surface area (Å²) in [5.74, 6) is 1.21. The van der Waals surface area contributed by atoms with Gasteiger partial charge in [0.1, 0.15) is 5.75 Å². The molecule has 1 aromatic heterocycles. The lowest BCUT2D eigenvalue weighted by Gasteiger charge is -2.52. The number of hydrogen-bond donors (Lipinski definition) is 1. The van der Waals surface area contributed by atoms with Gasteiger partial charge in [-0.3, -0.25) is 9.88 Å². The number of aliphatic hydroxyl groups is 1. The second kappa shape index (κ2) is 7.90. The predicted molar refractivity (Wildman–Crippen MR) is 123 cm³/mol. The molecule has 0 radical (unpaired) electrons. The molecule has 2 aromatic rings. The number of methoxy groups -OCH3 is 1. The molecule has 0 aliphatic carbocycles. The molecule has 164 valence electrons. The molecular weight excluding hydrogens is 392 g/mol. The summed E-state index contributed by atoms with van der Waals surface area (Å²) in [5.41, 5.74) is 2.16. The fraction of sp³-hybridized carbons (Fsp3) is 0.625. The molecule has 3 saturated heterocycles. The third-order valence-electron chi connectivity index (χ3n) is 7.63. The van der Waals surface area contributed by atoms with E-state index in [-0.39, 0.29) is 23.3 Å². The first-order chi connectivity index (χ1) is 14.1. The van der Waals surface area contributed by atoms with E-state index in [1.807, 2.05) is 18.3 Å². The Balaban J connectivity index is 1.81. The van der Waals surface area contributed by atoms with E-state index in [1.165, 1.54) is 5.56 Å². The molecule has 5 rings (SSSR count). The van der Waals surface area contributed by atoms with Crippen molar-refractivity contribution in [2.45, 2.75) is 70.0 Å². The second-order valence-electron chi connectivity index (χ2n) is 10.5. The van der Waals surface area contributed by atoms with Gasteiger partial charge in [0.25, 0.3) is 0 Å². The molecule has 6 heteroatoms. The summed E-state index contributed by atoms with van der Waals surface area (Å²) < 4.78 is 12.7. The first-order valence-electron chi connectivity index (χ1n) is 11.1. The van der Waals surface area contributed by atoms with Gasteiger partial charge in [0.2, 0.25) is 0 Å². The van der Waals surface area contributed by atoms with Crippen molar-refractivity contribution in [1.29, 1.82) is 0 Å². The third-order valence-corrected chi connectivity index (χ3v) is 12.1. The van der Waals surface area contributed by atoms with E-state index in [2.05, 4.69) is 55.9 Å². The fourth-order valence-corrected chi connectivity index (χ4v) is 5.99. The van der Waals surface area contributed by atoms with Gasteiger partial charge < -0.3 is 14.3 Å². The molecule has 30 heavy (non-hydrogen) atoms. The minimum atomic E-state index is -2.03. The number of nitrogens with zero attached hydrogens (tertiary/aromatic N) is 2. The first kappa shape index (κ1) is 21.7. The summed E-state index contributed by atoms with van der Waals surface area (Å²) >= 11 is 0. The van der Waals surface area contributed by atoms with Crippen molar-refractivity contribution in [3.05, 3.63) is 36.0 Å². The van der Waals surface area contributed by atoms with E-state index in [0.29, 0.717) is 5.92 Å². The zero-order valence-electron chi connectivity index (χ0n) is 19.2. The molecule has 5 atom stereocenters. The van der Waals surface area contributed by atoms with Crippen LogP contribution in [0, 0.1) is 5.92 Å².